The molecule has 2 aromatic carbocycles. The average Bonchev–Trinajstić information content (AvgIpc) is 3.18. The highest BCUT2D eigenvalue weighted by Gasteiger charge is 2.22. The van der Waals surface area contributed by atoms with Gasteiger partial charge in [0.1, 0.15) is 5.75 Å². The van der Waals surface area contributed by atoms with Gasteiger partial charge < -0.3 is 14.8 Å². The molecule has 1 aliphatic rings. The monoisotopic (exact) mass is 393 g/mol. The average molecular weight is 393 g/mol. The summed E-state index contributed by atoms with van der Waals surface area (Å²) < 4.78 is 10.0. The van der Waals surface area contributed by atoms with Gasteiger partial charge in [-0.2, -0.15) is 0 Å². The van der Waals surface area contributed by atoms with E-state index < -0.39 is 5.97 Å². The van der Waals surface area contributed by atoms with Gasteiger partial charge in [0, 0.05) is 10.6 Å². The largest absolute Gasteiger partial charge is 0.497 e. The number of rotatable bonds is 4. The van der Waals surface area contributed by atoms with E-state index in [-0.39, 0.29) is 5.91 Å². The summed E-state index contributed by atoms with van der Waals surface area (Å²) in [5.74, 6) is 0.298. The molecule has 0 radical (unpaired) electrons. The molecule has 142 valence electrons. The number of esters is 1. The molecular weight excluding hydrogens is 374 g/mol. The van der Waals surface area contributed by atoms with Crippen LogP contribution in [0.1, 0.15) is 31.2 Å². The summed E-state index contributed by atoms with van der Waals surface area (Å²) in [6, 6.07) is 14.7. The minimum Gasteiger partial charge on any atom is -0.497 e. The first-order chi connectivity index (χ1) is 13.6. The van der Waals surface area contributed by atoms with Crippen molar-refractivity contribution in [1.29, 1.82) is 0 Å². The van der Waals surface area contributed by atoms with E-state index in [1.54, 1.807) is 31.4 Å². The molecule has 0 bridgehead atoms. The Morgan fingerprint density at radius 3 is 2.43 bits per heavy atom. The van der Waals surface area contributed by atoms with Crippen molar-refractivity contribution in [2.45, 2.75) is 12.8 Å². The second-order valence-electron chi connectivity index (χ2n) is 6.51. The molecule has 0 atom stereocenters. The fraction of sp³-hybridized carbons (Fsp3) is 0.182. The minimum atomic E-state index is -0.404. The van der Waals surface area contributed by atoms with Crippen LogP contribution < -0.4 is 10.1 Å². The number of hydrogen-bond donors (Lipinski definition) is 1. The number of aryl methyl sites for hydroxylation is 2. The van der Waals surface area contributed by atoms with E-state index in [2.05, 4.69) is 22.2 Å². The van der Waals surface area contributed by atoms with E-state index in [0.717, 1.165) is 23.5 Å². The summed E-state index contributed by atoms with van der Waals surface area (Å²) >= 11 is 1.50. The van der Waals surface area contributed by atoms with Crippen LogP contribution in [0.4, 0.5) is 5.69 Å². The standard InChI is InChI=1S/C22H19NO4S/c1-26-17-9-10-18-14(11-17)3-4-15-12-19(28-20(15)18)21(24)23-16-7-5-13(6-8-16)22(25)27-2/h5-12H,3-4H2,1-2H3,(H,23,24). The maximum atomic E-state index is 12.7. The number of carbonyl (C=O) groups excluding carboxylic acids is 2. The summed E-state index contributed by atoms with van der Waals surface area (Å²) in [4.78, 5) is 26.0. The lowest BCUT2D eigenvalue weighted by Gasteiger charge is -2.16. The smallest absolute Gasteiger partial charge is 0.337 e. The van der Waals surface area contributed by atoms with Crippen molar-refractivity contribution < 1.29 is 19.1 Å². The Kier molecular flexibility index (Phi) is 4.88. The van der Waals surface area contributed by atoms with Crippen LogP contribution in [0, 0.1) is 0 Å². The van der Waals surface area contributed by atoms with Crippen LogP contribution in [0.5, 0.6) is 5.75 Å². The molecule has 28 heavy (non-hydrogen) atoms. The van der Waals surface area contributed by atoms with Crippen molar-refractivity contribution in [1.82, 2.24) is 0 Å². The Labute approximate surface area is 166 Å². The lowest BCUT2D eigenvalue weighted by atomic mass is 9.91. The number of amides is 1. The van der Waals surface area contributed by atoms with Gasteiger partial charge in [0.2, 0.25) is 0 Å². The topological polar surface area (TPSA) is 64.6 Å². The van der Waals surface area contributed by atoms with E-state index in [0.29, 0.717) is 16.1 Å². The zero-order valence-electron chi connectivity index (χ0n) is 15.6. The molecule has 1 aliphatic carbocycles. The van der Waals surface area contributed by atoms with Gasteiger partial charge in [0.15, 0.2) is 0 Å². The fourth-order valence-electron chi connectivity index (χ4n) is 3.35. The summed E-state index contributed by atoms with van der Waals surface area (Å²) in [5.41, 5.74) is 4.70. The van der Waals surface area contributed by atoms with Crippen LogP contribution >= 0.6 is 11.3 Å². The predicted molar refractivity (Wildman–Crippen MR) is 109 cm³/mol. The number of thiophene rings is 1. The summed E-state index contributed by atoms with van der Waals surface area (Å²) in [6.07, 6.45) is 1.85. The number of anilines is 1. The third kappa shape index (κ3) is 3.39. The molecule has 1 N–H and O–H groups in total. The Morgan fingerprint density at radius 2 is 1.71 bits per heavy atom. The second kappa shape index (κ2) is 7.48. The Morgan fingerprint density at radius 1 is 0.964 bits per heavy atom. The van der Waals surface area contributed by atoms with Crippen molar-refractivity contribution >= 4 is 28.9 Å². The van der Waals surface area contributed by atoms with Crippen LogP contribution in [-0.2, 0) is 17.6 Å². The molecule has 1 amide bonds. The van der Waals surface area contributed by atoms with Gasteiger partial charge in [-0.15, -0.1) is 11.3 Å². The van der Waals surface area contributed by atoms with Gasteiger partial charge >= 0.3 is 5.97 Å². The summed E-state index contributed by atoms with van der Waals surface area (Å²) in [5, 5.41) is 2.89. The van der Waals surface area contributed by atoms with Crippen molar-refractivity contribution in [2.75, 3.05) is 19.5 Å². The quantitative estimate of drug-likeness (QED) is 0.660. The van der Waals surface area contributed by atoms with E-state index in [1.165, 1.54) is 35.1 Å². The van der Waals surface area contributed by atoms with Crippen LogP contribution in [-0.4, -0.2) is 26.1 Å². The number of carbonyl (C=O) groups is 2. The highest BCUT2D eigenvalue weighted by atomic mass is 32.1. The Bertz CT molecular complexity index is 1050. The minimum absolute atomic E-state index is 0.153. The maximum Gasteiger partial charge on any atom is 0.337 e. The van der Waals surface area contributed by atoms with Gasteiger partial charge in [0.25, 0.3) is 5.91 Å². The lowest BCUT2D eigenvalue weighted by Crippen LogP contribution is -2.10. The highest BCUT2D eigenvalue weighted by Crippen LogP contribution is 2.41. The number of ether oxygens (including phenoxy) is 2. The van der Waals surface area contributed by atoms with Gasteiger partial charge in [-0.05, 0) is 78.1 Å². The zero-order chi connectivity index (χ0) is 19.7. The van der Waals surface area contributed by atoms with Gasteiger partial charge in [-0.1, -0.05) is 0 Å². The van der Waals surface area contributed by atoms with Gasteiger partial charge in [-0.25, -0.2) is 4.79 Å². The van der Waals surface area contributed by atoms with Crippen molar-refractivity contribution in [3.05, 3.63) is 70.1 Å². The Balaban J connectivity index is 1.55. The molecule has 4 rings (SSSR count). The summed E-state index contributed by atoms with van der Waals surface area (Å²) in [6.45, 7) is 0. The second-order valence-corrected chi connectivity index (χ2v) is 7.56. The molecule has 0 saturated heterocycles. The third-order valence-corrected chi connectivity index (χ3v) is 6.03. The normalized spacial score (nSPS) is 11.9. The van der Waals surface area contributed by atoms with E-state index >= 15 is 0 Å². The third-order valence-electron chi connectivity index (χ3n) is 4.82. The highest BCUT2D eigenvalue weighted by molar-refractivity contribution is 7.17. The lowest BCUT2D eigenvalue weighted by molar-refractivity contribution is 0.0600. The van der Waals surface area contributed by atoms with Crippen molar-refractivity contribution in [3.63, 3.8) is 0 Å². The molecule has 6 heteroatoms. The first-order valence-electron chi connectivity index (χ1n) is 8.89. The van der Waals surface area contributed by atoms with Crippen molar-refractivity contribution in [3.8, 4) is 16.2 Å². The molecule has 0 unspecified atom stereocenters. The summed E-state index contributed by atoms with van der Waals surface area (Å²) in [7, 11) is 3.01. The molecule has 1 aromatic heterocycles. The number of methoxy groups -OCH3 is 2. The molecule has 0 aliphatic heterocycles. The molecule has 1 heterocycles. The van der Waals surface area contributed by atoms with Crippen LogP contribution in [0.2, 0.25) is 0 Å². The predicted octanol–water partition coefficient (Wildman–Crippen LogP) is 4.56. The molecule has 0 fully saturated rings. The fourth-order valence-corrected chi connectivity index (χ4v) is 4.52. The SMILES string of the molecule is COC(=O)c1ccc(NC(=O)c2cc3c(s2)-c2ccc(OC)cc2CC3)cc1. The number of benzene rings is 2. The molecule has 0 spiro atoms. The Hall–Kier alpha value is -3.12. The van der Waals surface area contributed by atoms with Crippen molar-refractivity contribution in [2.24, 2.45) is 0 Å². The van der Waals surface area contributed by atoms with E-state index in [4.69, 9.17) is 4.74 Å². The number of hydrogen-bond acceptors (Lipinski definition) is 5. The van der Waals surface area contributed by atoms with E-state index in [9.17, 15) is 9.59 Å². The first kappa shape index (κ1) is 18.3. The maximum absolute atomic E-state index is 12.7. The first-order valence-corrected chi connectivity index (χ1v) is 9.70. The zero-order valence-corrected chi connectivity index (χ0v) is 16.4. The molecule has 3 aromatic rings. The van der Waals surface area contributed by atoms with Crippen LogP contribution in [0.15, 0.2) is 48.5 Å². The van der Waals surface area contributed by atoms with E-state index in [1.807, 2.05) is 12.1 Å². The number of nitrogens with one attached hydrogen (secondary N) is 1. The van der Waals surface area contributed by atoms with Gasteiger partial charge in [0.05, 0.1) is 24.7 Å². The van der Waals surface area contributed by atoms with Crippen LogP contribution in [0.25, 0.3) is 10.4 Å². The molecule has 0 saturated carbocycles. The molecular formula is C22H19NO4S. The number of fused-ring (bicyclic) bond motifs is 3. The van der Waals surface area contributed by atoms with Crippen LogP contribution in [0.3, 0.4) is 0 Å². The van der Waals surface area contributed by atoms with Gasteiger partial charge in [-0.3, -0.25) is 4.79 Å². The molecule has 5 nitrogen and oxygen atoms in total.